The first-order valence-electron chi connectivity index (χ1n) is 5.48. The van der Waals surface area contributed by atoms with E-state index in [0.29, 0.717) is 6.42 Å². The molecule has 0 atom stereocenters. The van der Waals surface area contributed by atoms with Gasteiger partial charge in [0.05, 0.1) is 8.07 Å². The van der Waals surface area contributed by atoms with Crippen molar-refractivity contribution in [2.24, 2.45) is 0 Å². The van der Waals surface area contributed by atoms with Crippen molar-refractivity contribution in [3.63, 3.8) is 0 Å². The van der Waals surface area contributed by atoms with Crippen LogP contribution in [-0.2, 0) is 11.2 Å². The molecule has 82 valence electrons. The molecule has 0 amide bonds. The maximum Gasteiger partial charge on any atom is 0.130 e. The van der Waals surface area contributed by atoms with Gasteiger partial charge in [-0.25, -0.2) is 0 Å². The zero-order chi connectivity index (χ0) is 11.5. The Morgan fingerprint density at radius 3 is 2.07 bits per heavy atom. The van der Waals surface area contributed by atoms with Crippen LogP contribution >= 0.6 is 0 Å². The largest absolute Gasteiger partial charge is 0.300 e. The molecule has 0 aliphatic heterocycles. The minimum Gasteiger partial charge on any atom is -0.300 e. The second-order valence-electron chi connectivity index (χ2n) is 5.15. The van der Waals surface area contributed by atoms with E-state index in [-0.39, 0.29) is 5.78 Å². The highest BCUT2D eigenvalue weighted by Crippen LogP contribution is 2.06. The molecular formula is C13H20OSi. The van der Waals surface area contributed by atoms with Crippen LogP contribution in [0.15, 0.2) is 24.3 Å². The highest BCUT2D eigenvalue weighted by atomic mass is 28.3. The van der Waals surface area contributed by atoms with Gasteiger partial charge in [0.15, 0.2) is 0 Å². The summed E-state index contributed by atoms with van der Waals surface area (Å²) in [5.41, 5.74) is 1.27. The van der Waals surface area contributed by atoms with E-state index < -0.39 is 8.07 Å². The third-order valence-electron chi connectivity index (χ3n) is 2.59. The molecule has 0 saturated heterocycles. The Morgan fingerprint density at radius 1 is 1.13 bits per heavy atom. The highest BCUT2D eigenvalue weighted by molar-refractivity contribution is 6.88. The quantitative estimate of drug-likeness (QED) is 0.713. The van der Waals surface area contributed by atoms with E-state index in [2.05, 4.69) is 43.9 Å². The van der Waals surface area contributed by atoms with E-state index in [1.54, 1.807) is 6.92 Å². The van der Waals surface area contributed by atoms with Crippen molar-refractivity contribution in [2.45, 2.75) is 39.4 Å². The van der Waals surface area contributed by atoms with Crippen molar-refractivity contribution in [1.82, 2.24) is 0 Å². The van der Waals surface area contributed by atoms with Crippen molar-refractivity contribution in [3.8, 4) is 0 Å². The van der Waals surface area contributed by atoms with Crippen molar-refractivity contribution in [2.75, 3.05) is 0 Å². The van der Waals surface area contributed by atoms with E-state index in [1.165, 1.54) is 10.8 Å². The average Bonchev–Trinajstić information content (AvgIpc) is 2.14. The maximum atomic E-state index is 10.9. The van der Waals surface area contributed by atoms with Crippen LogP contribution in [0.3, 0.4) is 0 Å². The monoisotopic (exact) mass is 220 g/mol. The van der Waals surface area contributed by atoms with Gasteiger partial charge in [0, 0.05) is 6.42 Å². The standard InChI is InChI=1S/C13H20OSi/c1-11(14)5-6-12-7-9-13(10-8-12)15(2,3)4/h7-10H,5-6H2,1-4H3. The Kier molecular flexibility index (Phi) is 3.86. The number of benzene rings is 1. The number of Topliss-reactive ketones (excluding diaryl/α,β-unsaturated/α-hetero) is 1. The molecule has 1 aromatic rings. The molecule has 0 heterocycles. The lowest BCUT2D eigenvalue weighted by Gasteiger charge is -2.16. The lowest BCUT2D eigenvalue weighted by Crippen LogP contribution is -2.37. The van der Waals surface area contributed by atoms with E-state index in [0.717, 1.165) is 6.42 Å². The summed E-state index contributed by atoms with van der Waals surface area (Å²) in [6.45, 7) is 8.68. The molecular weight excluding hydrogens is 200 g/mol. The van der Waals surface area contributed by atoms with Crippen LogP contribution in [0, 0.1) is 0 Å². The van der Waals surface area contributed by atoms with Gasteiger partial charge < -0.3 is 4.79 Å². The van der Waals surface area contributed by atoms with Gasteiger partial charge in [-0.3, -0.25) is 0 Å². The molecule has 0 aromatic heterocycles. The fraction of sp³-hybridized carbons (Fsp3) is 0.462. The van der Waals surface area contributed by atoms with Crippen molar-refractivity contribution in [1.29, 1.82) is 0 Å². The summed E-state index contributed by atoms with van der Waals surface area (Å²) in [7, 11) is -1.17. The Balaban J connectivity index is 2.69. The number of carbonyl (C=O) groups excluding carboxylic acids is 1. The number of rotatable bonds is 4. The molecule has 0 fully saturated rings. The van der Waals surface area contributed by atoms with E-state index in [4.69, 9.17) is 0 Å². The predicted molar refractivity (Wildman–Crippen MR) is 68.4 cm³/mol. The molecule has 1 nitrogen and oxygen atoms in total. The number of hydrogen-bond acceptors (Lipinski definition) is 1. The number of ketones is 1. The third kappa shape index (κ3) is 4.00. The van der Waals surface area contributed by atoms with Crippen LogP contribution < -0.4 is 5.19 Å². The van der Waals surface area contributed by atoms with Crippen LogP contribution in [0.1, 0.15) is 18.9 Å². The molecule has 0 unspecified atom stereocenters. The number of hydrogen-bond donors (Lipinski definition) is 0. The van der Waals surface area contributed by atoms with Gasteiger partial charge in [-0.2, -0.15) is 0 Å². The first kappa shape index (κ1) is 12.2. The molecule has 1 aromatic carbocycles. The van der Waals surface area contributed by atoms with Crippen molar-refractivity contribution in [3.05, 3.63) is 29.8 Å². The Labute approximate surface area is 93.5 Å². The van der Waals surface area contributed by atoms with Crippen LogP contribution in [-0.4, -0.2) is 13.9 Å². The summed E-state index contributed by atoms with van der Waals surface area (Å²) < 4.78 is 0. The first-order valence-corrected chi connectivity index (χ1v) is 8.98. The lowest BCUT2D eigenvalue weighted by atomic mass is 10.1. The van der Waals surface area contributed by atoms with Crippen LogP contribution in [0.2, 0.25) is 19.6 Å². The molecule has 0 aliphatic carbocycles. The van der Waals surface area contributed by atoms with Crippen LogP contribution in [0.4, 0.5) is 0 Å². The molecule has 15 heavy (non-hydrogen) atoms. The van der Waals surface area contributed by atoms with E-state index >= 15 is 0 Å². The molecule has 0 aliphatic rings. The van der Waals surface area contributed by atoms with Gasteiger partial charge in [-0.15, -0.1) is 0 Å². The smallest absolute Gasteiger partial charge is 0.130 e. The molecule has 1 rings (SSSR count). The second kappa shape index (κ2) is 4.75. The van der Waals surface area contributed by atoms with Crippen molar-refractivity contribution >= 4 is 19.0 Å². The maximum absolute atomic E-state index is 10.9. The van der Waals surface area contributed by atoms with Gasteiger partial charge >= 0.3 is 0 Å². The average molecular weight is 220 g/mol. The molecule has 0 bridgehead atoms. The predicted octanol–water partition coefficient (Wildman–Crippen LogP) is 2.75. The topological polar surface area (TPSA) is 17.1 Å². The SMILES string of the molecule is CC(=O)CCc1ccc([Si](C)(C)C)cc1. The van der Waals surface area contributed by atoms with Gasteiger partial charge in [0.1, 0.15) is 5.78 Å². The van der Waals surface area contributed by atoms with Gasteiger partial charge in [0.2, 0.25) is 0 Å². The van der Waals surface area contributed by atoms with Crippen LogP contribution in [0.25, 0.3) is 0 Å². The Morgan fingerprint density at radius 2 is 1.67 bits per heavy atom. The highest BCUT2D eigenvalue weighted by Gasteiger charge is 2.15. The third-order valence-corrected chi connectivity index (χ3v) is 4.65. The molecule has 0 radical (unpaired) electrons. The minimum atomic E-state index is -1.17. The molecule has 0 saturated carbocycles. The lowest BCUT2D eigenvalue weighted by molar-refractivity contribution is -0.116. The zero-order valence-corrected chi connectivity index (χ0v) is 11.1. The number of carbonyl (C=O) groups is 1. The second-order valence-corrected chi connectivity index (χ2v) is 10.2. The normalized spacial score (nSPS) is 11.5. The number of aryl methyl sites for hydroxylation is 1. The summed E-state index contributed by atoms with van der Waals surface area (Å²) in [6.07, 6.45) is 1.54. The molecule has 0 N–H and O–H groups in total. The Bertz CT molecular complexity index is 333. The van der Waals surface area contributed by atoms with E-state index in [1.807, 2.05) is 0 Å². The fourth-order valence-electron chi connectivity index (χ4n) is 1.49. The summed E-state index contributed by atoms with van der Waals surface area (Å²) in [5, 5.41) is 1.48. The zero-order valence-electron chi connectivity index (χ0n) is 10.1. The first-order chi connectivity index (χ1) is 6.89. The summed E-state index contributed by atoms with van der Waals surface area (Å²) >= 11 is 0. The Hall–Kier alpha value is -0.893. The molecule has 2 heteroatoms. The van der Waals surface area contributed by atoms with Crippen molar-refractivity contribution < 1.29 is 4.79 Å². The summed E-state index contributed by atoms with van der Waals surface area (Å²) in [5.74, 6) is 0.268. The van der Waals surface area contributed by atoms with E-state index in [9.17, 15) is 4.79 Å². The molecule has 0 spiro atoms. The fourth-order valence-corrected chi connectivity index (χ4v) is 2.66. The van der Waals surface area contributed by atoms with Gasteiger partial charge in [-0.05, 0) is 18.9 Å². The van der Waals surface area contributed by atoms with Gasteiger partial charge in [-0.1, -0.05) is 49.1 Å². The minimum absolute atomic E-state index is 0.268. The summed E-state index contributed by atoms with van der Waals surface area (Å²) in [4.78, 5) is 10.9. The van der Waals surface area contributed by atoms with Gasteiger partial charge in [0.25, 0.3) is 0 Å². The summed E-state index contributed by atoms with van der Waals surface area (Å²) in [6, 6.07) is 8.77. The van der Waals surface area contributed by atoms with Crippen LogP contribution in [0.5, 0.6) is 0 Å².